The van der Waals surface area contributed by atoms with Crippen molar-refractivity contribution in [3.63, 3.8) is 0 Å². The fraction of sp³-hybridized carbons (Fsp3) is 0.478. The summed E-state index contributed by atoms with van der Waals surface area (Å²) in [6.07, 6.45) is 7.01. The van der Waals surface area contributed by atoms with Crippen molar-refractivity contribution in [3.8, 4) is 5.69 Å². The van der Waals surface area contributed by atoms with E-state index in [1.165, 1.54) is 4.80 Å². The van der Waals surface area contributed by atoms with Gasteiger partial charge in [0.2, 0.25) is 0 Å². The fourth-order valence-electron chi connectivity index (χ4n) is 4.52. The second kappa shape index (κ2) is 7.60. The zero-order valence-electron chi connectivity index (χ0n) is 17.8. The van der Waals surface area contributed by atoms with Crippen molar-refractivity contribution in [1.82, 2.24) is 25.1 Å². The minimum atomic E-state index is -0.974. The summed E-state index contributed by atoms with van der Waals surface area (Å²) < 4.78 is 5.54. The molecule has 3 heterocycles. The fourth-order valence-corrected chi connectivity index (χ4v) is 4.52. The molecule has 8 heteroatoms. The van der Waals surface area contributed by atoms with E-state index in [0.717, 1.165) is 31.4 Å². The summed E-state index contributed by atoms with van der Waals surface area (Å²) >= 11 is 0. The third-order valence-corrected chi connectivity index (χ3v) is 6.73. The largest absolute Gasteiger partial charge is 0.382 e. The van der Waals surface area contributed by atoms with Gasteiger partial charge in [-0.3, -0.25) is 4.79 Å². The standard InChI is InChI=1S/C23H27N5O3/c1-15-7-8-16(19-13-21(31-26-19)23(2,30)17-9-10-17)14-27(15)22(29)18-5-3-4-6-20(18)28-24-11-12-25-28/h3-6,11-13,15-17,30H,7-10,14H2,1-2H3/t15-,16-,23?/m1/s1. The zero-order valence-corrected chi connectivity index (χ0v) is 17.8. The number of rotatable bonds is 5. The van der Waals surface area contributed by atoms with E-state index in [4.69, 9.17) is 4.52 Å². The number of aliphatic hydroxyl groups is 1. The molecule has 1 amide bonds. The predicted octanol–water partition coefficient (Wildman–Crippen LogP) is 3.28. The Morgan fingerprint density at radius 2 is 1.90 bits per heavy atom. The van der Waals surface area contributed by atoms with Gasteiger partial charge in [-0.1, -0.05) is 17.3 Å². The van der Waals surface area contributed by atoms with E-state index in [0.29, 0.717) is 23.6 Å². The summed E-state index contributed by atoms with van der Waals surface area (Å²) in [4.78, 5) is 16.9. The van der Waals surface area contributed by atoms with Gasteiger partial charge in [0.15, 0.2) is 5.76 Å². The lowest BCUT2D eigenvalue weighted by atomic mass is 9.89. The van der Waals surface area contributed by atoms with Crippen molar-refractivity contribution in [2.45, 2.75) is 57.1 Å². The Bertz CT molecular complexity index is 1070. The molecule has 1 aliphatic heterocycles. The van der Waals surface area contributed by atoms with E-state index in [2.05, 4.69) is 22.3 Å². The molecule has 1 saturated heterocycles. The molecule has 3 atom stereocenters. The third-order valence-electron chi connectivity index (χ3n) is 6.73. The number of benzene rings is 1. The van der Waals surface area contributed by atoms with Crippen LogP contribution in [0.3, 0.4) is 0 Å². The molecule has 1 aromatic carbocycles. The molecule has 8 nitrogen and oxygen atoms in total. The number of para-hydroxylation sites is 1. The van der Waals surface area contributed by atoms with E-state index >= 15 is 0 Å². The van der Waals surface area contributed by atoms with Crippen LogP contribution in [-0.2, 0) is 5.60 Å². The van der Waals surface area contributed by atoms with Crippen molar-refractivity contribution in [2.75, 3.05) is 6.54 Å². The highest BCUT2D eigenvalue weighted by Crippen LogP contribution is 2.46. The molecular weight excluding hydrogens is 394 g/mol. The maximum absolute atomic E-state index is 13.5. The molecule has 3 aromatic rings. The van der Waals surface area contributed by atoms with E-state index in [9.17, 15) is 9.90 Å². The summed E-state index contributed by atoms with van der Waals surface area (Å²) in [5.41, 5.74) is 1.07. The number of hydrogen-bond donors (Lipinski definition) is 1. The Labute approximate surface area is 180 Å². The Balaban J connectivity index is 1.39. The van der Waals surface area contributed by atoms with E-state index < -0.39 is 5.60 Å². The highest BCUT2D eigenvalue weighted by molar-refractivity contribution is 5.98. The molecule has 1 saturated carbocycles. The van der Waals surface area contributed by atoms with Gasteiger partial charge in [0.1, 0.15) is 5.60 Å². The normalized spacial score (nSPS) is 23.5. The first kappa shape index (κ1) is 19.9. The highest BCUT2D eigenvalue weighted by atomic mass is 16.5. The Kier molecular flexibility index (Phi) is 4.89. The molecule has 2 fully saturated rings. The van der Waals surface area contributed by atoms with Crippen molar-refractivity contribution in [2.24, 2.45) is 5.92 Å². The Morgan fingerprint density at radius 3 is 2.65 bits per heavy atom. The minimum absolute atomic E-state index is 0.0428. The summed E-state index contributed by atoms with van der Waals surface area (Å²) in [5, 5.41) is 23.4. The van der Waals surface area contributed by atoms with Crippen LogP contribution in [0.4, 0.5) is 0 Å². The number of piperidine rings is 1. The van der Waals surface area contributed by atoms with Crippen LogP contribution < -0.4 is 0 Å². The molecule has 0 spiro atoms. The summed E-state index contributed by atoms with van der Waals surface area (Å²) in [6, 6.07) is 9.39. The molecular formula is C23H27N5O3. The molecule has 2 aromatic heterocycles. The molecule has 0 radical (unpaired) electrons. The lowest BCUT2D eigenvalue weighted by molar-refractivity contribution is 0.00594. The van der Waals surface area contributed by atoms with Gasteiger partial charge in [-0.15, -0.1) is 0 Å². The average molecular weight is 422 g/mol. The second-order valence-corrected chi connectivity index (χ2v) is 8.95. The van der Waals surface area contributed by atoms with Gasteiger partial charge in [0.05, 0.1) is 29.3 Å². The van der Waals surface area contributed by atoms with E-state index in [-0.39, 0.29) is 23.8 Å². The van der Waals surface area contributed by atoms with Gasteiger partial charge >= 0.3 is 0 Å². The quantitative estimate of drug-likeness (QED) is 0.679. The number of amides is 1. The van der Waals surface area contributed by atoms with E-state index in [1.807, 2.05) is 35.2 Å². The number of hydrogen-bond acceptors (Lipinski definition) is 6. The van der Waals surface area contributed by atoms with Crippen molar-refractivity contribution >= 4 is 5.91 Å². The maximum Gasteiger partial charge on any atom is 0.256 e. The monoisotopic (exact) mass is 421 g/mol. The van der Waals surface area contributed by atoms with Crippen LogP contribution in [0, 0.1) is 5.92 Å². The second-order valence-electron chi connectivity index (χ2n) is 8.95. The molecule has 162 valence electrons. The summed E-state index contributed by atoms with van der Waals surface area (Å²) in [7, 11) is 0. The first-order valence-corrected chi connectivity index (χ1v) is 10.9. The third kappa shape index (κ3) is 3.65. The van der Waals surface area contributed by atoms with Gasteiger partial charge < -0.3 is 14.5 Å². The topological polar surface area (TPSA) is 97.3 Å². The first-order chi connectivity index (χ1) is 14.9. The van der Waals surface area contributed by atoms with Gasteiger partial charge in [-0.25, -0.2) is 0 Å². The maximum atomic E-state index is 13.5. The highest BCUT2D eigenvalue weighted by Gasteiger charge is 2.44. The van der Waals surface area contributed by atoms with Crippen LogP contribution in [0.25, 0.3) is 5.69 Å². The first-order valence-electron chi connectivity index (χ1n) is 10.9. The van der Waals surface area contributed by atoms with Crippen LogP contribution in [0.15, 0.2) is 47.2 Å². The van der Waals surface area contributed by atoms with Gasteiger partial charge in [-0.05, 0) is 57.6 Å². The lowest BCUT2D eigenvalue weighted by Gasteiger charge is -2.37. The number of carbonyl (C=O) groups is 1. The number of carbonyl (C=O) groups excluding carboxylic acids is 1. The van der Waals surface area contributed by atoms with Gasteiger partial charge in [0.25, 0.3) is 5.91 Å². The summed E-state index contributed by atoms with van der Waals surface area (Å²) in [6.45, 7) is 4.43. The van der Waals surface area contributed by atoms with Crippen LogP contribution in [-0.4, -0.2) is 48.7 Å². The minimum Gasteiger partial charge on any atom is -0.382 e. The van der Waals surface area contributed by atoms with Crippen LogP contribution in [0.1, 0.15) is 67.3 Å². The molecule has 31 heavy (non-hydrogen) atoms. The molecule has 1 aliphatic carbocycles. The summed E-state index contributed by atoms with van der Waals surface area (Å²) in [5.74, 6) is 0.795. The number of likely N-dealkylation sites (tertiary alicyclic amines) is 1. The van der Waals surface area contributed by atoms with Crippen molar-refractivity contribution < 1.29 is 14.4 Å². The lowest BCUT2D eigenvalue weighted by Crippen LogP contribution is -2.45. The van der Waals surface area contributed by atoms with Crippen LogP contribution in [0.2, 0.25) is 0 Å². The van der Waals surface area contributed by atoms with E-state index in [1.54, 1.807) is 19.3 Å². The molecule has 1 unspecified atom stereocenters. The van der Waals surface area contributed by atoms with Gasteiger partial charge in [-0.2, -0.15) is 15.0 Å². The van der Waals surface area contributed by atoms with Crippen molar-refractivity contribution in [3.05, 3.63) is 59.7 Å². The number of nitrogens with zero attached hydrogens (tertiary/aromatic N) is 5. The smallest absolute Gasteiger partial charge is 0.256 e. The molecule has 5 rings (SSSR count). The predicted molar refractivity (Wildman–Crippen MR) is 113 cm³/mol. The Morgan fingerprint density at radius 1 is 1.16 bits per heavy atom. The van der Waals surface area contributed by atoms with Crippen LogP contribution >= 0.6 is 0 Å². The molecule has 1 N–H and O–H groups in total. The Hall–Kier alpha value is -3.00. The van der Waals surface area contributed by atoms with Crippen LogP contribution in [0.5, 0.6) is 0 Å². The van der Waals surface area contributed by atoms with Crippen molar-refractivity contribution in [1.29, 1.82) is 0 Å². The average Bonchev–Trinajstić information content (AvgIpc) is 3.28. The molecule has 0 bridgehead atoms. The zero-order chi connectivity index (χ0) is 21.6. The number of aromatic nitrogens is 4. The van der Waals surface area contributed by atoms with Gasteiger partial charge in [0, 0.05) is 24.6 Å². The SMILES string of the molecule is C[C@@H]1CC[C@@H](c2cc(C(C)(O)C3CC3)on2)CN1C(=O)c1ccccc1-n1nccn1. The molecule has 2 aliphatic rings.